The smallest absolute Gasteiger partial charge is 0.444 e. The molecule has 1 unspecified atom stereocenters. The van der Waals surface area contributed by atoms with E-state index in [0.29, 0.717) is 18.2 Å². The Morgan fingerprint density at radius 3 is 2.26 bits per heavy atom. The summed E-state index contributed by atoms with van der Waals surface area (Å²) in [4.78, 5) is 36.2. The average molecular weight is 506 g/mol. The third-order valence-corrected chi connectivity index (χ3v) is 7.65. The third-order valence-electron chi connectivity index (χ3n) is 6.51. The molecule has 3 heterocycles. The van der Waals surface area contributed by atoms with Gasteiger partial charge in [0.15, 0.2) is 5.16 Å². The average Bonchev–Trinajstić information content (AvgIpc) is 3.26. The van der Waals surface area contributed by atoms with Gasteiger partial charge in [-0.15, -0.1) is 0 Å². The van der Waals surface area contributed by atoms with Crippen LogP contribution < -0.4 is 10.8 Å². The van der Waals surface area contributed by atoms with Crippen molar-refractivity contribution in [1.82, 2.24) is 20.2 Å². The number of hydrogen-bond donors (Lipinski definition) is 1. The number of aromatic nitrogens is 2. The number of rotatable bonds is 6. The fourth-order valence-electron chi connectivity index (χ4n) is 3.81. The number of nitrogens with one attached hydrogen (secondary N) is 1. The molecule has 9 nitrogen and oxygen atoms in total. The van der Waals surface area contributed by atoms with Crippen LogP contribution in [0.3, 0.4) is 0 Å². The molecular formula is C24H39BN4O5S. The van der Waals surface area contributed by atoms with Crippen LogP contribution in [0.15, 0.2) is 17.6 Å². The number of hydrogen-bond acceptors (Lipinski definition) is 8. The van der Waals surface area contributed by atoms with Gasteiger partial charge in [0.2, 0.25) is 5.91 Å². The number of carbonyl (C=O) groups is 2. The van der Waals surface area contributed by atoms with Gasteiger partial charge in [-0.1, -0.05) is 25.6 Å². The van der Waals surface area contributed by atoms with Crippen molar-refractivity contribution in [1.29, 1.82) is 0 Å². The van der Waals surface area contributed by atoms with Crippen molar-refractivity contribution in [2.24, 2.45) is 5.92 Å². The van der Waals surface area contributed by atoms with Gasteiger partial charge >= 0.3 is 13.2 Å². The number of nitrogens with zero attached hydrogens (tertiary/aromatic N) is 3. The van der Waals surface area contributed by atoms with Crippen molar-refractivity contribution in [3.63, 3.8) is 0 Å². The summed E-state index contributed by atoms with van der Waals surface area (Å²) in [5.41, 5.74) is -0.680. The lowest BCUT2D eigenvalue weighted by atomic mass is 9.81. The van der Waals surface area contributed by atoms with Gasteiger partial charge in [0.25, 0.3) is 0 Å². The molecule has 0 radical (unpaired) electrons. The number of likely N-dealkylation sites (tertiary alicyclic amines) is 1. The van der Waals surface area contributed by atoms with E-state index in [-0.39, 0.29) is 17.1 Å². The SMILES string of the molecule is CC(C)C(NC(=O)OC(C)(C)C)C(=O)N1CC[C@H](Sc2ncc(B3OC(C)(C)C(C)(C)O3)cn2)C1. The standard InChI is InChI=1S/C24H39BN4O5S/c1-15(2)18(28-21(31)32-22(3,4)5)19(30)29-11-10-17(14-29)35-20-26-12-16(13-27-20)25-33-23(6,7)24(8,9)34-25/h12-13,15,17-18H,10-11,14H2,1-9H3,(H,28,31)/t17-,18?/m0/s1. The van der Waals surface area contributed by atoms with Gasteiger partial charge in [0, 0.05) is 36.2 Å². The molecule has 0 spiro atoms. The van der Waals surface area contributed by atoms with E-state index in [1.807, 2.05) is 41.5 Å². The summed E-state index contributed by atoms with van der Waals surface area (Å²) >= 11 is 1.56. The molecule has 0 bridgehead atoms. The Labute approximate surface area is 213 Å². The van der Waals surface area contributed by atoms with Crippen LogP contribution in [0.2, 0.25) is 0 Å². The highest BCUT2D eigenvalue weighted by Gasteiger charge is 2.52. The first-order valence-electron chi connectivity index (χ1n) is 12.2. The molecule has 11 heteroatoms. The molecule has 0 aliphatic carbocycles. The molecule has 2 saturated heterocycles. The van der Waals surface area contributed by atoms with Crippen molar-refractivity contribution in [2.75, 3.05) is 13.1 Å². The van der Waals surface area contributed by atoms with Crippen molar-refractivity contribution in [2.45, 2.75) is 102 Å². The van der Waals surface area contributed by atoms with E-state index in [1.54, 1.807) is 49.8 Å². The lowest BCUT2D eigenvalue weighted by Gasteiger charge is -2.32. The van der Waals surface area contributed by atoms with E-state index in [9.17, 15) is 9.59 Å². The zero-order chi connectivity index (χ0) is 26.2. The monoisotopic (exact) mass is 506 g/mol. The van der Waals surface area contributed by atoms with E-state index in [0.717, 1.165) is 11.9 Å². The lowest BCUT2D eigenvalue weighted by molar-refractivity contribution is -0.133. The van der Waals surface area contributed by atoms with Crippen LogP contribution in [0, 0.1) is 5.92 Å². The Morgan fingerprint density at radius 2 is 1.74 bits per heavy atom. The van der Waals surface area contributed by atoms with Crippen LogP contribution in [-0.2, 0) is 18.8 Å². The molecule has 194 valence electrons. The van der Waals surface area contributed by atoms with E-state index in [2.05, 4.69) is 15.3 Å². The highest BCUT2D eigenvalue weighted by molar-refractivity contribution is 7.99. The van der Waals surface area contributed by atoms with Crippen LogP contribution in [0.25, 0.3) is 0 Å². The first-order valence-corrected chi connectivity index (χ1v) is 13.1. The summed E-state index contributed by atoms with van der Waals surface area (Å²) in [5.74, 6) is -0.154. The normalized spacial score (nSPS) is 22.4. The van der Waals surface area contributed by atoms with Gasteiger partial charge in [-0.2, -0.15) is 0 Å². The molecule has 3 rings (SSSR count). The van der Waals surface area contributed by atoms with Gasteiger partial charge < -0.3 is 24.3 Å². The summed E-state index contributed by atoms with van der Waals surface area (Å²) < 4.78 is 17.5. The molecular weight excluding hydrogens is 467 g/mol. The van der Waals surface area contributed by atoms with Crippen LogP contribution >= 0.6 is 11.8 Å². The van der Waals surface area contributed by atoms with E-state index < -0.39 is 36.1 Å². The van der Waals surface area contributed by atoms with Gasteiger partial charge in [0.1, 0.15) is 11.6 Å². The van der Waals surface area contributed by atoms with Gasteiger partial charge in [-0.3, -0.25) is 4.79 Å². The Kier molecular flexibility index (Phi) is 8.13. The molecule has 2 amide bonds. The maximum absolute atomic E-state index is 13.2. The second kappa shape index (κ2) is 10.3. The maximum Gasteiger partial charge on any atom is 0.498 e. The van der Waals surface area contributed by atoms with E-state index in [1.165, 1.54) is 0 Å². The van der Waals surface area contributed by atoms with Gasteiger partial charge in [-0.25, -0.2) is 14.8 Å². The van der Waals surface area contributed by atoms with Crippen molar-refractivity contribution >= 4 is 36.3 Å². The fourth-order valence-corrected chi connectivity index (χ4v) is 4.81. The molecule has 2 fully saturated rings. The quantitative estimate of drug-likeness (QED) is 0.464. The molecule has 1 aromatic rings. The predicted octanol–water partition coefficient (Wildman–Crippen LogP) is 3.02. The minimum atomic E-state index is -0.635. The number of amides is 2. The Balaban J connectivity index is 1.55. The van der Waals surface area contributed by atoms with Gasteiger partial charge in [-0.05, 0) is 60.8 Å². The third kappa shape index (κ3) is 6.89. The topological polar surface area (TPSA) is 103 Å². The number of carbonyl (C=O) groups excluding carboxylic acids is 2. The van der Waals surface area contributed by atoms with Gasteiger partial charge in [0.05, 0.1) is 11.2 Å². The predicted molar refractivity (Wildman–Crippen MR) is 137 cm³/mol. The summed E-state index contributed by atoms with van der Waals surface area (Å²) in [7, 11) is -0.496. The van der Waals surface area contributed by atoms with Crippen molar-refractivity contribution < 1.29 is 23.6 Å². The van der Waals surface area contributed by atoms with Crippen LogP contribution in [0.5, 0.6) is 0 Å². The lowest BCUT2D eigenvalue weighted by Crippen LogP contribution is -2.51. The molecule has 1 aromatic heterocycles. The molecule has 1 N–H and O–H groups in total. The Morgan fingerprint density at radius 1 is 1.17 bits per heavy atom. The number of thioether (sulfide) groups is 1. The molecule has 0 aromatic carbocycles. The second-order valence-electron chi connectivity index (χ2n) is 11.6. The minimum Gasteiger partial charge on any atom is -0.444 e. The highest BCUT2D eigenvalue weighted by Crippen LogP contribution is 2.36. The fraction of sp³-hybridized carbons (Fsp3) is 0.750. The molecule has 2 aliphatic rings. The summed E-state index contributed by atoms with van der Waals surface area (Å²) in [6, 6.07) is -0.635. The highest BCUT2D eigenvalue weighted by atomic mass is 32.2. The first-order chi connectivity index (χ1) is 16.1. The largest absolute Gasteiger partial charge is 0.498 e. The summed E-state index contributed by atoms with van der Waals surface area (Å²) in [6.07, 6.45) is 3.74. The zero-order valence-electron chi connectivity index (χ0n) is 22.4. The van der Waals surface area contributed by atoms with E-state index >= 15 is 0 Å². The van der Waals surface area contributed by atoms with Crippen molar-refractivity contribution in [3.8, 4) is 0 Å². The van der Waals surface area contributed by atoms with Crippen LogP contribution in [0.1, 0.15) is 68.7 Å². The minimum absolute atomic E-state index is 0.0624. The Hall–Kier alpha value is -1.85. The maximum atomic E-state index is 13.2. The number of ether oxygens (including phenoxy) is 1. The zero-order valence-corrected chi connectivity index (χ0v) is 23.2. The summed E-state index contributed by atoms with van der Waals surface area (Å²) in [5, 5.41) is 3.58. The first kappa shape index (κ1) is 27.7. The van der Waals surface area contributed by atoms with Crippen LogP contribution in [-0.4, -0.2) is 75.2 Å². The van der Waals surface area contributed by atoms with Crippen molar-refractivity contribution in [3.05, 3.63) is 12.4 Å². The number of alkyl carbamates (subject to hydrolysis) is 1. The van der Waals surface area contributed by atoms with Crippen LogP contribution in [0.4, 0.5) is 4.79 Å². The molecule has 0 saturated carbocycles. The molecule has 35 heavy (non-hydrogen) atoms. The van der Waals surface area contributed by atoms with E-state index in [4.69, 9.17) is 14.0 Å². The molecule has 2 aliphatic heterocycles. The Bertz CT molecular complexity index is 903. The second-order valence-corrected chi connectivity index (χ2v) is 12.8. The summed E-state index contributed by atoms with van der Waals surface area (Å²) in [6.45, 7) is 18.5. The molecule has 2 atom stereocenters.